The molecule has 0 aliphatic heterocycles. The molecule has 1 unspecified atom stereocenters. The van der Waals surface area contributed by atoms with E-state index in [1.165, 1.54) is 6.33 Å². The number of aromatic nitrogens is 4. The van der Waals surface area contributed by atoms with Crippen molar-refractivity contribution in [1.29, 1.82) is 0 Å². The monoisotopic (exact) mass is 266 g/mol. The summed E-state index contributed by atoms with van der Waals surface area (Å²) in [4.78, 5) is 12.4. The van der Waals surface area contributed by atoms with Gasteiger partial charge in [-0.05, 0) is 19.1 Å². The predicted octanol–water partition coefficient (Wildman–Crippen LogP) is 0.879. The lowest BCUT2D eigenvalue weighted by molar-refractivity contribution is 0.695. The molecule has 2 heterocycles. The van der Waals surface area contributed by atoms with Gasteiger partial charge in [0.1, 0.15) is 11.8 Å². The Labute approximate surface area is 110 Å². The Kier molecular flexibility index (Phi) is 4.38. The quantitative estimate of drug-likeness (QED) is 0.753. The Morgan fingerprint density at radius 1 is 1.39 bits per heavy atom. The predicted molar refractivity (Wildman–Crippen MR) is 75.3 cm³/mol. The number of rotatable bonds is 6. The van der Waals surface area contributed by atoms with Crippen LogP contribution in [0.5, 0.6) is 0 Å². The van der Waals surface area contributed by atoms with E-state index in [1.807, 2.05) is 23.3 Å². The van der Waals surface area contributed by atoms with E-state index < -0.39 is 0 Å². The number of nitrogen functional groups attached to an aromatic ring is 1. The largest absolute Gasteiger partial charge is 0.382 e. The highest BCUT2D eigenvalue weighted by molar-refractivity contribution is 7.99. The summed E-state index contributed by atoms with van der Waals surface area (Å²) in [6.07, 6.45) is 4.30. The number of hydrogen-bond donors (Lipinski definition) is 2. The summed E-state index contributed by atoms with van der Waals surface area (Å²) in [6, 6.07) is 0.261. The first-order chi connectivity index (χ1) is 8.68. The SMILES string of the molecule is CC(N)CSCCCn1cnc2c(N)ncnc21. The normalized spacial score (nSPS) is 13.0. The van der Waals surface area contributed by atoms with Crippen LogP contribution in [-0.2, 0) is 6.54 Å². The van der Waals surface area contributed by atoms with Gasteiger partial charge in [-0.2, -0.15) is 11.8 Å². The minimum atomic E-state index is 0.261. The van der Waals surface area contributed by atoms with Crippen molar-refractivity contribution < 1.29 is 0 Å². The fourth-order valence-corrected chi connectivity index (χ4v) is 2.54. The summed E-state index contributed by atoms with van der Waals surface area (Å²) in [6.45, 7) is 2.91. The van der Waals surface area contributed by atoms with E-state index in [4.69, 9.17) is 11.5 Å². The van der Waals surface area contributed by atoms with Crippen LogP contribution in [0.4, 0.5) is 5.82 Å². The third-order valence-corrected chi connectivity index (χ3v) is 3.84. The second kappa shape index (κ2) is 6.01. The maximum absolute atomic E-state index is 5.73. The summed E-state index contributed by atoms with van der Waals surface area (Å²) >= 11 is 1.88. The number of aryl methyl sites for hydroxylation is 1. The molecule has 18 heavy (non-hydrogen) atoms. The van der Waals surface area contributed by atoms with Gasteiger partial charge in [-0.15, -0.1) is 0 Å². The summed E-state index contributed by atoms with van der Waals surface area (Å²) < 4.78 is 2.01. The van der Waals surface area contributed by atoms with Crippen molar-refractivity contribution in [3.05, 3.63) is 12.7 Å². The summed E-state index contributed by atoms with van der Waals surface area (Å²) in [7, 11) is 0. The summed E-state index contributed by atoms with van der Waals surface area (Å²) in [5, 5.41) is 0. The summed E-state index contributed by atoms with van der Waals surface area (Å²) in [5.41, 5.74) is 12.9. The molecular formula is C11H18N6S. The molecule has 0 radical (unpaired) electrons. The van der Waals surface area contributed by atoms with E-state index in [0.29, 0.717) is 11.3 Å². The molecule has 0 saturated carbocycles. The maximum Gasteiger partial charge on any atom is 0.165 e. The van der Waals surface area contributed by atoms with Gasteiger partial charge in [-0.3, -0.25) is 0 Å². The van der Waals surface area contributed by atoms with Crippen molar-refractivity contribution in [2.45, 2.75) is 25.9 Å². The zero-order chi connectivity index (χ0) is 13.0. The lowest BCUT2D eigenvalue weighted by Crippen LogP contribution is -2.17. The van der Waals surface area contributed by atoms with Crippen LogP contribution in [-0.4, -0.2) is 37.1 Å². The Morgan fingerprint density at radius 3 is 3.00 bits per heavy atom. The molecule has 2 aromatic heterocycles. The zero-order valence-corrected chi connectivity index (χ0v) is 11.2. The van der Waals surface area contributed by atoms with Crippen molar-refractivity contribution in [3.8, 4) is 0 Å². The molecule has 0 spiro atoms. The highest BCUT2D eigenvalue weighted by Gasteiger charge is 2.07. The Morgan fingerprint density at radius 2 is 2.22 bits per heavy atom. The van der Waals surface area contributed by atoms with Crippen molar-refractivity contribution in [3.63, 3.8) is 0 Å². The number of imidazole rings is 1. The fourth-order valence-electron chi connectivity index (χ4n) is 1.67. The van der Waals surface area contributed by atoms with Crippen LogP contribution in [0.1, 0.15) is 13.3 Å². The molecule has 0 aliphatic carbocycles. The van der Waals surface area contributed by atoms with Crippen LogP contribution in [0.25, 0.3) is 11.2 Å². The van der Waals surface area contributed by atoms with Gasteiger partial charge in [-0.25, -0.2) is 15.0 Å². The van der Waals surface area contributed by atoms with Crippen LogP contribution in [0.15, 0.2) is 12.7 Å². The molecule has 0 fully saturated rings. The van der Waals surface area contributed by atoms with Gasteiger partial charge < -0.3 is 16.0 Å². The number of fused-ring (bicyclic) bond motifs is 1. The highest BCUT2D eigenvalue weighted by atomic mass is 32.2. The van der Waals surface area contributed by atoms with Gasteiger partial charge >= 0.3 is 0 Å². The first-order valence-corrected chi connectivity index (χ1v) is 7.08. The van der Waals surface area contributed by atoms with E-state index >= 15 is 0 Å². The molecule has 2 rings (SSSR count). The molecule has 6 nitrogen and oxygen atoms in total. The molecular weight excluding hydrogens is 248 g/mol. The van der Waals surface area contributed by atoms with Crippen LogP contribution < -0.4 is 11.5 Å². The molecule has 0 aliphatic rings. The van der Waals surface area contributed by atoms with E-state index in [-0.39, 0.29) is 6.04 Å². The summed E-state index contributed by atoms with van der Waals surface area (Å²) in [5.74, 6) is 2.52. The van der Waals surface area contributed by atoms with Gasteiger partial charge in [0.05, 0.1) is 6.33 Å². The molecule has 4 N–H and O–H groups in total. The average molecular weight is 266 g/mol. The molecule has 0 bridgehead atoms. The first-order valence-electron chi connectivity index (χ1n) is 5.93. The molecule has 7 heteroatoms. The number of thioether (sulfide) groups is 1. The number of nitrogens with zero attached hydrogens (tertiary/aromatic N) is 4. The maximum atomic E-state index is 5.73. The van der Waals surface area contributed by atoms with Gasteiger partial charge in [0.25, 0.3) is 0 Å². The standard InChI is InChI=1S/C11H18N6S/c1-8(12)5-18-4-2-3-17-7-16-9-10(13)14-6-15-11(9)17/h6-8H,2-5,12H2,1H3,(H2,13,14,15). The Balaban J connectivity index is 1.90. The molecule has 1 atom stereocenters. The molecule has 98 valence electrons. The number of anilines is 1. The van der Waals surface area contributed by atoms with Gasteiger partial charge in [0.15, 0.2) is 11.5 Å². The van der Waals surface area contributed by atoms with Gasteiger partial charge in [0, 0.05) is 18.3 Å². The Hall–Kier alpha value is -1.34. The Bertz CT molecular complexity index is 509. The van der Waals surface area contributed by atoms with E-state index in [2.05, 4.69) is 15.0 Å². The molecule has 2 aromatic rings. The third-order valence-electron chi connectivity index (χ3n) is 2.50. The second-order valence-corrected chi connectivity index (χ2v) is 5.42. The highest BCUT2D eigenvalue weighted by Crippen LogP contribution is 2.15. The average Bonchev–Trinajstić information content (AvgIpc) is 2.73. The van der Waals surface area contributed by atoms with Crippen LogP contribution in [0.2, 0.25) is 0 Å². The van der Waals surface area contributed by atoms with E-state index in [9.17, 15) is 0 Å². The fraction of sp³-hybridized carbons (Fsp3) is 0.545. The van der Waals surface area contributed by atoms with Crippen molar-refractivity contribution in [2.75, 3.05) is 17.2 Å². The lowest BCUT2D eigenvalue weighted by Gasteiger charge is -2.05. The van der Waals surface area contributed by atoms with Crippen LogP contribution in [0.3, 0.4) is 0 Å². The topological polar surface area (TPSA) is 95.6 Å². The van der Waals surface area contributed by atoms with E-state index in [1.54, 1.807) is 6.33 Å². The molecule has 0 saturated heterocycles. The molecule has 0 amide bonds. The van der Waals surface area contributed by atoms with E-state index in [0.717, 1.165) is 30.1 Å². The second-order valence-electron chi connectivity index (χ2n) is 4.27. The van der Waals surface area contributed by atoms with Crippen molar-refractivity contribution in [1.82, 2.24) is 19.5 Å². The smallest absolute Gasteiger partial charge is 0.165 e. The van der Waals surface area contributed by atoms with Crippen LogP contribution >= 0.6 is 11.8 Å². The minimum absolute atomic E-state index is 0.261. The van der Waals surface area contributed by atoms with Gasteiger partial charge in [0.2, 0.25) is 0 Å². The third kappa shape index (κ3) is 3.11. The molecule has 0 aromatic carbocycles. The number of hydrogen-bond acceptors (Lipinski definition) is 6. The lowest BCUT2D eigenvalue weighted by atomic mass is 10.4. The van der Waals surface area contributed by atoms with Gasteiger partial charge in [-0.1, -0.05) is 0 Å². The van der Waals surface area contributed by atoms with Crippen LogP contribution in [0, 0.1) is 0 Å². The zero-order valence-electron chi connectivity index (χ0n) is 10.4. The van der Waals surface area contributed by atoms with Crippen molar-refractivity contribution >= 4 is 28.7 Å². The first kappa shape index (κ1) is 13.1. The number of nitrogens with two attached hydrogens (primary N) is 2. The van der Waals surface area contributed by atoms with Crippen molar-refractivity contribution in [2.24, 2.45) is 5.73 Å². The minimum Gasteiger partial charge on any atom is -0.382 e.